The zero-order chi connectivity index (χ0) is 13.8. The van der Waals surface area contributed by atoms with E-state index in [4.69, 9.17) is 5.73 Å². The molecule has 0 radical (unpaired) electrons. The van der Waals surface area contributed by atoms with Gasteiger partial charge in [-0.2, -0.15) is 0 Å². The number of nitrogens with zero attached hydrogens (tertiary/aromatic N) is 2. The highest BCUT2D eigenvalue weighted by molar-refractivity contribution is 7.09. The lowest BCUT2D eigenvalue weighted by Gasteiger charge is -2.21. The van der Waals surface area contributed by atoms with Gasteiger partial charge in [-0.05, 0) is 44.0 Å². The Labute approximate surface area is 119 Å². The Kier molecular flexibility index (Phi) is 4.56. The first kappa shape index (κ1) is 14.0. The second-order valence-corrected chi connectivity index (χ2v) is 5.82. The first-order valence-electron chi connectivity index (χ1n) is 6.51. The van der Waals surface area contributed by atoms with Crippen LogP contribution in [-0.4, -0.2) is 18.6 Å². The zero-order valence-electron chi connectivity index (χ0n) is 11.8. The van der Waals surface area contributed by atoms with Crippen molar-refractivity contribution < 1.29 is 0 Å². The minimum atomic E-state index is 0.703. The van der Waals surface area contributed by atoms with E-state index < -0.39 is 0 Å². The van der Waals surface area contributed by atoms with Crippen LogP contribution in [0.25, 0.3) is 0 Å². The van der Waals surface area contributed by atoms with Gasteiger partial charge in [0.25, 0.3) is 0 Å². The van der Waals surface area contributed by atoms with Gasteiger partial charge in [-0.1, -0.05) is 12.1 Å². The number of anilines is 1. The molecule has 0 fully saturated rings. The van der Waals surface area contributed by atoms with Crippen LogP contribution < -0.4 is 10.6 Å². The van der Waals surface area contributed by atoms with Crippen LogP contribution in [0.1, 0.15) is 21.7 Å². The molecule has 0 aliphatic heterocycles. The number of hydrogen-bond donors (Lipinski definition) is 1. The SMILES string of the molecule is Cc1cc(CCN)ccc1N(C)Cc1scnc1C. The van der Waals surface area contributed by atoms with Gasteiger partial charge in [-0.15, -0.1) is 11.3 Å². The van der Waals surface area contributed by atoms with Gasteiger partial charge in [0.2, 0.25) is 0 Å². The molecule has 19 heavy (non-hydrogen) atoms. The maximum atomic E-state index is 5.60. The highest BCUT2D eigenvalue weighted by atomic mass is 32.1. The number of nitrogens with two attached hydrogens (primary N) is 1. The Bertz CT molecular complexity index is 548. The molecule has 1 aromatic heterocycles. The number of benzene rings is 1. The van der Waals surface area contributed by atoms with Crippen LogP contribution >= 0.6 is 11.3 Å². The molecule has 0 aliphatic rings. The third-order valence-electron chi connectivity index (χ3n) is 3.33. The lowest BCUT2D eigenvalue weighted by atomic mass is 10.1. The van der Waals surface area contributed by atoms with Crippen molar-refractivity contribution in [2.24, 2.45) is 5.73 Å². The van der Waals surface area contributed by atoms with Gasteiger partial charge in [0.1, 0.15) is 0 Å². The molecule has 2 N–H and O–H groups in total. The van der Waals surface area contributed by atoms with Crippen LogP contribution in [0.15, 0.2) is 23.7 Å². The van der Waals surface area contributed by atoms with E-state index in [1.165, 1.54) is 21.7 Å². The molecule has 2 aromatic rings. The number of thiazole rings is 1. The first-order valence-corrected chi connectivity index (χ1v) is 7.39. The minimum absolute atomic E-state index is 0.703. The van der Waals surface area contributed by atoms with Crippen molar-refractivity contribution in [1.82, 2.24) is 4.98 Å². The molecule has 0 aliphatic carbocycles. The summed E-state index contributed by atoms with van der Waals surface area (Å²) >= 11 is 1.72. The van der Waals surface area contributed by atoms with Crippen LogP contribution in [0.4, 0.5) is 5.69 Å². The summed E-state index contributed by atoms with van der Waals surface area (Å²) in [5, 5.41) is 0. The number of hydrogen-bond acceptors (Lipinski definition) is 4. The van der Waals surface area contributed by atoms with E-state index in [1.54, 1.807) is 11.3 Å². The number of aryl methyl sites for hydroxylation is 2. The molecule has 0 saturated carbocycles. The van der Waals surface area contributed by atoms with E-state index in [1.807, 2.05) is 5.51 Å². The maximum absolute atomic E-state index is 5.60. The van der Waals surface area contributed by atoms with E-state index in [0.29, 0.717) is 6.54 Å². The maximum Gasteiger partial charge on any atom is 0.0798 e. The molecule has 3 nitrogen and oxygen atoms in total. The predicted molar refractivity (Wildman–Crippen MR) is 82.9 cm³/mol. The Balaban J connectivity index is 2.15. The van der Waals surface area contributed by atoms with Crippen LogP contribution in [0.2, 0.25) is 0 Å². The molecular formula is C15H21N3S. The molecule has 0 saturated heterocycles. The van der Waals surface area contributed by atoms with E-state index >= 15 is 0 Å². The Morgan fingerprint density at radius 3 is 2.68 bits per heavy atom. The molecule has 0 amide bonds. The second kappa shape index (κ2) is 6.17. The average Bonchev–Trinajstić information content (AvgIpc) is 2.75. The quantitative estimate of drug-likeness (QED) is 0.912. The summed E-state index contributed by atoms with van der Waals surface area (Å²) in [6.45, 7) is 5.84. The van der Waals surface area contributed by atoms with E-state index in [0.717, 1.165) is 18.7 Å². The van der Waals surface area contributed by atoms with Crippen LogP contribution in [0.3, 0.4) is 0 Å². The summed E-state index contributed by atoms with van der Waals surface area (Å²) in [7, 11) is 2.13. The summed E-state index contributed by atoms with van der Waals surface area (Å²) in [6, 6.07) is 6.60. The summed E-state index contributed by atoms with van der Waals surface area (Å²) in [5.74, 6) is 0. The summed E-state index contributed by atoms with van der Waals surface area (Å²) in [6.07, 6.45) is 0.943. The van der Waals surface area contributed by atoms with Crippen molar-refractivity contribution >= 4 is 17.0 Å². The molecule has 0 atom stereocenters. The fraction of sp³-hybridized carbons (Fsp3) is 0.400. The van der Waals surface area contributed by atoms with Gasteiger partial charge >= 0.3 is 0 Å². The molecule has 2 rings (SSSR count). The van der Waals surface area contributed by atoms with E-state index in [2.05, 4.69) is 49.0 Å². The van der Waals surface area contributed by atoms with Crippen molar-refractivity contribution in [1.29, 1.82) is 0 Å². The molecule has 4 heteroatoms. The highest BCUT2D eigenvalue weighted by Crippen LogP contribution is 2.24. The molecule has 0 unspecified atom stereocenters. The molecule has 0 bridgehead atoms. The fourth-order valence-corrected chi connectivity index (χ4v) is 3.08. The van der Waals surface area contributed by atoms with Gasteiger partial charge in [0.15, 0.2) is 0 Å². The van der Waals surface area contributed by atoms with Gasteiger partial charge < -0.3 is 10.6 Å². The zero-order valence-corrected chi connectivity index (χ0v) is 12.6. The summed E-state index contributed by atoms with van der Waals surface area (Å²) in [4.78, 5) is 7.91. The third kappa shape index (κ3) is 3.33. The van der Waals surface area contributed by atoms with Crippen LogP contribution in [0, 0.1) is 13.8 Å². The topological polar surface area (TPSA) is 42.1 Å². The van der Waals surface area contributed by atoms with E-state index in [9.17, 15) is 0 Å². The molecule has 0 spiro atoms. The summed E-state index contributed by atoms with van der Waals surface area (Å²) < 4.78 is 0. The van der Waals surface area contributed by atoms with E-state index in [-0.39, 0.29) is 0 Å². The standard InChI is InChI=1S/C15H21N3S/c1-11-8-13(6-7-16)4-5-14(11)18(3)9-15-12(2)17-10-19-15/h4-5,8,10H,6-7,9,16H2,1-3H3. The lowest BCUT2D eigenvalue weighted by Crippen LogP contribution is -2.17. The van der Waals surface area contributed by atoms with Crippen LogP contribution in [0.5, 0.6) is 0 Å². The average molecular weight is 275 g/mol. The van der Waals surface area contributed by atoms with Crippen molar-refractivity contribution in [2.75, 3.05) is 18.5 Å². The number of rotatable bonds is 5. The lowest BCUT2D eigenvalue weighted by molar-refractivity contribution is 0.915. The largest absolute Gasteiger partial charge is 0.369 e. The molecule has 1 heterocycles. The van der Waals surface area contributed by atoms with Crippen molar-refractivity contribution in [3.8, 4) is 0 Å². The van der Waals surface area contributed by atoms with Gasteiger partial charge in [-0.25, -0.2) is 4.98 Å². The predicted octanol–water partition coefficient (Wildman–Crippen LogP) is 2.90. The number of aromatic nitrogens is 1. The summed E-state index contributed by atoms with van der Waals surface area (Å²) in [5.41, 5.74) is 12.5. The molecule has 102 valence electrons. The normalized spacial score (nSPS) is 10.7. The molecular weight excluding hydrogens is 254 g/mol. The Hall–Kier alpha value is -1.39. The Morgan fingerprint density at radius 2 is 2.11 bits per heavy atom. The monoisotopic (exact) mass is 275 g/mol. The van der Waals surface area contributed by atoms with Crippen LogP contribution in [-0.2, 0) is 13.0 Å². The second-order valence-electron chi connectivity index (χ2n) is 4.88. The Morgan fingerprint density at radius 1 is 1.32 bits per heavy atom. The van der Waals surface area contributed by atoms with Crippen molar-refractivity contribution in [3.05, 3.63) is 45.4 Å². The minimum Gasteiger partial charge on any atom is -0.369 e. The third-order valence-corrected chi connectivity index (χ3v) is 4.25. The van der Waals surface area contributed by atoms with Crippen molar-refractivity contribution in [2.45, 2.75) is 26.8 Å². The first-order chi connectivity index (χ1) is 9.11. The van der Waals surface area contributed by atoms with Gasteiger partial charge in [-0.3, -0.25) is 0 Å². The van der Waals surface area contributed by atoms with Gasteiger partial charge in [0.05, 0.1) is 17.7 Å². The van der Waals surface area contributed by atoms with Crippen molar-refractivity contribution in [3.63, 3.8) is 0 Å². The fourth-order valence-electron chi connectivity index (χ4n) is 2.25. The highest BCUT2D eigenvalue weighted by Gasteiger charge is 2.09. The smallest absolute Gasteiger partial charge is 0.0798 e. The van der Waals surface area contributed by atoms with Gasteiger partial charge in [0, 0.05) is 17.6 Å². The molecule has 1 aromatic carbocycles.